The summed E-state index contributed by atoms with van der Waals surface area (Å²) in [5.41, 5.74) is 3.47. The van der Waals surface area contributed by atoms with Crippen molar-refractivity contribution in [3.05, 3.63) is 57.5 Å². The number of allylic oxidation sites excluding steroid dienone is 2. The van der Waals surface area contributed by atoms with E-state index in [1.54, 1.807) is 12.1 Å². The summed E-state index contributed by atoms with van der Waals surface area (Å²) in [7, 11) is 0. The molecule has 1 aromatic carbocycles. The molecule has 140 valence electrons. The van der Waals surface area contributed by atoms with Crippen molar-refractivity contribution in [2.45, 2.75) is 47.5 Å². The SMILES string of the molecule is CCCc1cc(=O)oc2cc(OCC=C(C)C)cc(OCC=C(C)C)c12. The first-order valence-corrected chi connectivity index (χ1v) is 9.03. The standard InChI is InChI=1S/C22H28O4/c1-6-7-17-12-21(23)26-20-14-18(24-10-8-15(2)3)13-19(22(17)20)25-11-9-16(4)5/h8-9,12-14H,6-7,10-11H2,1-5H3. The Morgan fingerprint density at radius 2 is 1.65 bits per heavy atom. The van der Waals surface area contributed by atoms with Crippen LogP contribution in [0.15, 0.2) is 50.7 Å². The molecule has 4 nitrogen and oxygen atoms in total. The van der Waals surface area contributed by atoms with Crippen LogP contribution in [0.4, 0.5) is 0 Å². The zero-order chi connectivity index (χ0) is 19.1. The quantitative estimate of drug-likeness (QED) is 0.467. The zero-order valence-electron chi connectivity index (χ0n) is 16.3. The van der Waals surface area contributed by atoms with Gasteiger partial charge in [-0.25, -0.2) is 4.79 Å². The molecule has 0 aliphatic rings. The average Bonchev–Trinajstić information content (AvgIpc) is 2.53. The van der Waals surface area contributed by atoms with E-state index in [9.17, 15) is 4.79 Å². The summed E-state index contributed by atoms with van der Waals surface area (Å²) in [6.45, 7) is 11.1. The first kappa shape index (κ1) is 19.8. The number of benzene rings is 1. The van der Waals surface area contributed by atoms with Gasteiger partial charge in [-0.1, -0.05) is 24.5 Å². The highest BCUT2D eigenvalue weighted by atomic mass is 16.5. The Labute approximate surface area is 155 Å². The van der Waals surface area contributed by atoms with E-state index < -0.39 is 0 Å². The van der Waals surface area contributed by atoms with Gasteiger partial charge in [0.15, 0.2) is 0 Å². The van der Waals surface area contributed by atoms with Gasteiger partial charge in [-0.2, -0.15) is 0 Å². The normalized spacial score (nSPS) is 10.5. The second-order valence-electron chi connectivity index (χ2n) is 6.82. The molecule has 0 saturated heterocycles. The fourth-order valence-electron chi connectivity index (χ4n) is 2.58. The third-order valence-electron chi connectivity index (χ3n) is 3.85. The molecule has 0 radical (unpaired) electrons. The smallest absolute Gasteiger partial charge is 0.336 e. The van der Waals surface area contributed by atoms with Crippen LogP contribution in [0.2, 0.25) is 0 Å². The molecule has 4 heteroatoms. The van der Waals surface area contributed by atoms with Crippen molar-refractivity contribution in [3.8, 4) is 11.5 Å². The highest BCUT2D eigenvalue weighted by molar-refractivity contribution is 5.88. The van der Waals surface area contributed by atoms with Gasteiger partial charge in [0.25, 0.3) is 0 Å². The molecule has 0 aliphatic carbocycles. The van der Waals surface area contributed by atoms with Crippen molar-refractivity contribution in [1.29, 1.82) is 0 Å². The van der Waals surface area contributed by atoms with E-state index in [1.807, 2.05) is 45.9 Å². The zero-order valence-corrected chi connectivity index (χ0v) is 16.3. The van der Waals surface area contributed by atoms with Crippen molar-refractivity contribution < 1.29 is 13.9 Å². The molecule has 0 fully saturated rings. The maximum atomic E-state index is 11.9. The van der Waals surface area contributed by atoms with Crippen molar-refractivity contribution in [2.75, 3.05) is 13.2 Å². The molecule has 1 heterocycles. The minimum Gasteiger partial charge on any atom is -0.489 e. The van der Waals surface area contributed by atoms with Gasteiger partial charge in [-0.3, -0.25) is 0 Å². The summed E-state index contributed by atoms with van der Waals surface area (Å²) in [5, 5.41) is 0.850. The van der Waals surface area contributed by atoms with Crippen molar-refractivity contribution in [2.24, 2.45) is 0 Å². The molecule has 0 aliphatic heterocycles. The second kappa shape index (κ2) is 9.27. The molecule has 0 unspecified atom stereocenters. The van der Waals surface area contributed by atoms with E-state index in [1.165, 1.54) is 11.1 Å². The fraction of sp³-hybridized carbons (Fsp3) is 0.409. The summed E-state index contributed by atoms with van der Waals surface area (Å²) in [6.07, 6.45) is 5.74. The van der Waals surface area contributed by atoms with Gasteiger partial charge < -0.3 is 13.9 Å². The topological polar surface area (TPSA) is 48.7 Å². The van der Waals surface area contributed by atoms with E-state index in [-0.39, 0.29) is 5.63 Å². The third kappa shape index (κ3) is 5.51. The molecule has 0 saturated carbocycles. The van der Waals surface area contributed by atoms with E-state index in [0.29, 0.717) is 30.3 Å². The van der Waals surface area contributed by atoms with Crippen molar-refractivity contribution in [3.63, 3.8) is 0 Å². The van der Waals surface area contributed by atoms with Gasteiger partial charge in [0, 0.05) is 18.2 Å². The van der Waals surface area contributed by atoms with Crippen LogP contribution in [0, 0.1) is 0 Å². The Kier molecular flexibility index (Phi) is 7.07. The molecule has 0 bridgehead atoms. The molecule has 0 amide bonds. The minimum atomic E-state index is -0.349. The third-order valence-corrected chi connectivity index (χ3v) is 3.85. The summed E-state index contributed by atoms with van der Waals surface area (Å²) < 4.78 is 17.2. The van der Waals surface area contributed by atoms with E-state index in [2.05, 4.69) is 6.92 Å². The Hall–Kier alpha value is -2.49. The lowest BCUT2D eigenvalue weighted by Gasteiger charge is -2.13. The van der Waals surface area contributed by atoms with Crippen molar-refractivity contribution in [1.82, 2.24) is 0 Å². The van der Waals surface area contributed by atoms with E-state index in [4.69, 9.17) is 13.9 Å². The molecule has 26 heavy (non-hydrogen) atoms. The second-order valence-corrected chi connectivity index (χ2v) is 6.82. The van der Waals surface area contributed by atoms with Gasteiger partial charge in [-0.15, -0.1) is 0 Å². The minimum absolute atomic E-state index is 0.349. The van der Waals surface area contributed by atoms with Crippen LogP contribution < -0.4 is 15.1 Å². The van der Waals surface area contributed by atoms with Crippen LogP contribution in [-0.2, 0) is 6.42 Å². The molecule has 1 aromatic heterocycles. The Balaban J connectivity index is 2.50. The van der Waals surface area contributed by atoms with Crippen LogP contribution in [0.5, 0.6) is 11.5 Å². The number of hydrogen-bond donors (Lipinski definition) is 0. The number of aryl methyl sites for hydroxylation is 1. The number of rotatable bonds is 8. The van der Waals surface area contributed by atoms with E-state index in [0.717, 1.165) is 23.8 Å². The molecule has 0 N–H and O–H groups in total. The largest absolute Gasteiger partial charge is 0.489 e. The predicted octanol–water partition coefficient (Wildman–Crippen LogP) is 5.44. The van der Waals surface area contributed by atoms with Crippen LogP contribution >= 0.6 is 0 Å². The van der Waals surface area contributed by atoms with Crippen LogP contribution in [-0.4, -0.2) is 13.2 Å². The molecule has 2 rings (SSSR count). The van der Waals surface area contributed by atoms with Crippen molar-refractivity contribution >= 4 is 11.0 Å². The van der Waals surface area contributed by atoms with Gasteiger partial charge in [0.05, 0.1) is 5.39 Å². The van der Waals surface area contributed by atoms with Gasteiger partial charge in [0.1, 0.15) is 30.3 Å². The Bertz CT molecular complexity index is 864. The van der Waals surface area contributed by atoms with Gasteiger partial charge in [0.2, 0.25) is 0 Å². The Morgan fingerprint density at radius 3 is 2.27 bits per heavy atom. The number of ether oxygens (including phenoxy) is 2. The van der Waals surface area contributed by atoms with Gasteiger partial charge in [-0.05, 0) is 51.8 Å². The number of hydrogen-bond acceptors (Lipinski definition) is 4. The summed E-state index contributed by atoms with van der Waals surface area (Å²) in [4.78, 5) is 11.9. The predicted molar refractivity (Wildman–Crippen MR) is 106 cm³/mol. The highest BCUT2D eigenvalue weighted by Gasteiger charge is 2.14. The lowest BCUT2D eigenvalue weighted by Crippen LogP contribution is -2.04. The number of fused-ring (bicyclic) bond motifs is 1. The molecule has 2 aromatic rings. The molecule has 0 spiro atoms. The highest BCUT2D eigenvalue weighted by Crippen LogP contribution is 2.34. The van der Waals surface area contributed by atoms with Crippen LogP contribution in [0.25, 0.3) is 11.0 Å². The lowest BCUT2D eigenvalue weighted by atomic mass is 10.0. The van der Waals surface area contributed by atoms with E-state index >= 15 is 0 Å². The summed E-state index contributed by atoms with van der Waals surface area (Å²) >= 11 is 0. The first-order chi connectivity index (χ1) is 12.4. The van der Waals surface area contributed by atoms with Gasteiger partial charge >= 0.3 is 5.63 Å². The first-order valence-electron chi connectivity index (χ1n) is 9.03. The maximum Gasteiger partial charge on any atom is 0.336 e. The van der Waals surface area contributed by atoms with Crippen LogP contribution in [0.1, 0.15) is 46.6 Å². The molecule has 0 atom stereocenters. The monoisotopic (exact) mass is 356 g/mol. The summed E-state index contributed by atoms with van der Waals surface area (Å²) in [5.74, 6) is 1.30. The van der Waals surface area contributed by atoms with Crippen LogP contribution in [0.3, 0.4) is 0 Å². The molecular formula is C22H28O4. The Morgan fingerprint density at radius 1 is 1.00 bits per heavy atom. The lowest BCUT2D eigenvalue weighted by molar-refractivity contribution is 0.345. The summed E-state index contributed by atoms with van der Waals surface area (Å²) in [6, 6.07) is 5.20. The average molecular weight is 356 g/mol. The molecular weight excluding hydrogens is 328 g/mol. The fourth-order valence-corrected chi connectivity index (χ4v) is 2.58. The maximum absolute atomic E-state index is 11.9.